The smallest absolute Gasteiger partial charge is 0.256 e. The molecule has 0 unspecified atom stereocenters. The van der Waals surface area contributed by atoms with Crippen molar-refractivity contribution in [3.63, 3.8) is 0 Å². The van der Waals surface area contributed by atoms with Crippen molar-refractivity contribution in [1.82, 2.24) is 9.88 Å². The average Bonchev–Trinajstić information content (AvgIpc) is 3.38. The van der Waals surface area contributed by atoms with E-state index in [1.165, 1.54) is 10.4 Å². The standard InChI is InChI=1S/C27H29N3O2S2/c1-16(2)30-14-13-20-23(15-30)34-27(24(20)26-28-21-7-5-6-8-22(21)33-26)29-25(31)18-9-11-19(12-10-18)32-17(3)4/h5-12,16-17H,13-15H2,1-4H3,(H,29,31). The van der Waals surface area contributed by atoms with Gasteiger partial charge in [0.2, 0.25) is 0 Å². The Hall–Kier alpha value is -2.74. The van der Waals surface area contributed by atoms with E-state index in [1.807, 2.05) is 56.3 Å². The molecule has 0 spiro atoms. The van der Waals surface area contributed by atoms with Crippen LogP contribution in [-0.2, 0) is 13.0 Å². The SMILES string of the molecule is CC(C)Oc1ccc(C(=O)Nc2sc3c(c2-c2nc4ccccc4s2)CCN(C(C)C)C3)cc1. The molecule has 1 amide bonds. The monoisotopic (exact) mass is 491 g/mol. The molecule has 1 aliphatic rings. The number of carbonyl (C=O) groups is 1. The first-order valence-electron chi connectivity index (χ1n) is 11.7. The molecule has 1 aliphatic heterocycles. The second-order valence-electron chi connectivity index (χ2n) is 9.15. The van der Waals surface area contributed by atoms with Crippen LogP contribution in [0, 0.1) is 0 Å². The lowest BCUT2D eigenvalue weighted by molar-refractivity contribution is 0.102. The van der Waals surface area contributed by atoms with E-state index >= 15 is 0 Å². The highest BCUT2D eigenvalue weighted by molar-refractivity contribution is 7.23. The third-order valence-corrected chi connectivity index (χ3v) is 8.23. The number of thiazole rings is 1. The van der Waals surface area contributed by atoms with Gasteiger partial charge in [-0.1, -0.05) is 12.1 Å². The van der Waals surface area contributed by atoms with Gasteiger partial charge in [-0.05, 0) is 76.1 Å². The number of rotatable bonds is 6. The van der Waals surface area contributed by atoms with Crippen LogP contribution in [0.25, 0.3) is 20.8 Å². The molecule has 3 heterocycles. The Balaban J connectivity index is 1.50. The molecule has 0 saturated heterocycles. The highest BCUT2D eigenvalue weighted by Gasteiger charge is 2.28. The maximum absolute atomic E-state index is 13.2. The van der Waals surface area contributed by atoms with Crippen LogP contribution in [0.4, 0.5) is 5.00 Å². The molecule has 1 N–H and O–H groups in total. The summed E-state index contributed by atoms with van der Waals surface area (Å²) in [5.74, 6) is 0.653. The van der Waals surface area contributed by atoms with E-state index in [1.54, 1.807) is 22.7 Å². The Morgan fingerprint density at radius 2 is 1.82 bits per heavy atom. The quantitative estimate of drug-likeness (QED) is 0.321. The number of nitrogens with zero attached hydrogens (tertiary/aromatic N) is 2. The van der Waals surface area contributed by atoms with E-state index in [9.17, 15) is 4.79 Å². The summed E-state index contributed by atoms with van der Waals surface area (Å²) in [6.45, 7) is 10.4. The van der Waals surface area contributed by atoms with Gasteiger partial charge in [-0.2, -0.15) is 0 Å². The topological polar surface area (TPSA) is 54.5 Å². The number of hydrogen-bond acceptors (Lipinski definition) is 6. The van der Waals surface area contributed by atoms with Crippen LogP contribution < -0.4 is 10.1 Å². The van der Waals surface area contributed by atoms with Gasteiger partial charge >= 0.3 is 0 Å². The molecular weight excluding hydrogens is 462 g/mol. The van der Waals surface area contributed by atoms with E-state index in [4.69, 9.17) is 9.72 Å². The largest absolute Gasteiger partial charge is 0.491 e. The summed E-state index contributed by atoms with van der Waals surface area (Å²) in [7, 11) is 0. The zero-order chi connectivity index (χ0) is 23.8. The molecule has 0 atom stereocenters. The van der Waals surface area contributed by atoms with Crippen molar-refractivity contribution in [3.05, 3.63) is 64.5 Å². The van der Waals surface area contributed by atoms with Gasteiger partial charge in [0.25, 0.3) is 5.91 Å². The predicted octanol–water partition coefficient (Wildman–Crippen LogP) is 6.83. The van der Waals surface area contributed by atoms with Crippen molar-refractivity contribution in [1.29, 1.82) is 0 Å². The molecule has 34 heavy (non-hydrogen) atoms. The van der Waals surface area contributed by atoms with E-state index in [2.05, 4.69) is 30.1 Å². The predicted molar refractivity (Wildman–Crippen MR) is 142 cm³/mol. The third-order valence-electron chi connectivity index (χ3n) is 6.04. The second-order valence-corrected chi connectivity index (χ2v) is 11.3. The minimum Gasteiger partial charge on any atom is -0.491 e. The van der Waals surface area contributed by atoms with E-state index in [0.717, 1.165) is 51.0 Å². The molecule has 2 aromatic heterocycles. The number of amides is 1. The van der Waals surface area contributed by atoms with Gasteiger partial charge in [0.05, 0.1) is 16.3 Å². The molecule has 2 aromatic carbocycles. The molecule has 0 radical (unpaired) electrons. The highest BCUT2D eigenvalue weighted by Crippen LogP contribution is 2.46. The van der Waals surface area contributed by atoms with Gasteiger partial charge in [0.1, 0.15) is 15.8 Å². The maximum Gasteiger partial charge on any atom is 0.256 e. The van der Waals surface area contributed by atoms with Crippen molar-refractivity contribution in [2.75, 3.05) is 11.9 Å². The first-order valence-corrected chi connectivity index (χ1v) is 13.3. The molecule has 7 heteroatoms. The number of thiophene rings is 1. The fourth-order valence-corrected chi connectivity index (χ4v) is 6.67. The molecule has 5 rings (SSSR count). The number of ether oxygens (including phenoxy) is 1. The van der Waals surface area contributed by atoms with E-state index in [-0.39, 0.29) is 12.0 Å². The summed E-state index contributed by atoms with van der Waals surface area (Å²) in [6, 6.07) is 16.0. The Kier molecular flexibility index (Phi) is 6.42. The zero-order valence-electron chi connectivity index (χ0n) is 19.9. The van der Waals surface area contributed by atoms with E-state index in [0.29, 0.717) is 11.6 Å². The van der Waals surface area contributed by atoms with E-state index < -0.39 is 0 Å². The summed E-state index contributed by atoms with van der Waals surface area (Å²) in [4.78, 5) is 22.0. The highest BCUT2D eigenvalue weighted by atomic mass is 32.1. The molecular formula is C27H29N3O2S2. The van der Waals surface area contributed by atoms with Crippen LogP contribution in [0.1, 0.15) is 48.5 Å². The van der Waals surface area contributed by atoms with Crippen molar-refractivity contribution in [3.8, 4) is 16.3 Å². The van der Waals surface area contributed by atoms with Crippen LogP contribution in [-0.4, -0.2) is 34.5 Å². The minimum atomic E-state index is -0.113. The Labute approximate surface area is 208 Å². The van der Waals surface area contributed by atoms with Gasteiger partial charge in [-0.25, -0.2) is 4.98 Å². The van der Waals surface area contributed by atoms with Crippen LogP contribution in [0.3, 0.4) is 0 Å². The Bertz CT molecular complexity index is 1290. The van der Waals surface area contributed by atoms with Gasteiger partial charge in [0, 0.05) is 35.1 Å². The van der Waals surface area contributed by atoms with Crippen molar-refractivity contribution < 1.29 is 9.53 Å². The number of para-hydroxylation sites is 1. The molecule has 0 saturated carbocycles. The van der Waals surface area contributed by atoms with Crippen LogP contribution in [0.5, 0.6) is 5.75 Å². The normalized spacial score (nSPS) is 14.1. The summed E-state index contributed by atoms with van der Waals surface area (Å²) in [6.07, 6.45) is 1.06. The van der Waals surface area contributed by atoms with Crippen LogP contribution in [0.15, 0.2) is 48.5 Å². The second kappa shape index (κ2) is 9.49. The molecule has 0 bridgehead atoms. The lowest BCUT2D eigenvalue weighted by atomic mass is 10.0. The number of benzene rings is 2. The number of hydrogen-bond donors (Lipinski definition) is 1. The molecule has 0 fully saturated rings. The first-order chi connectivity index (χ1) is 16.4. The summed E-state index contributed by atoms with van der Waals surface area (Å²) in [5.41, 5.74) is 4.04. The molecule has 0 aliphatic carbocycles. The molecule has 176 valence electrons. The van der Waals surface area contributed by atoms with Gasteiger partial charge in [-0.15, -0.1) is 22.7 Å². The Morgan fingerprint density at radius 3 is 2.53 bits per heavy atom. The fourth-order valence-electron chi connectivity index (χ4n) is 4.29. The molecule has 4 aromatic rings. The van der Waals surface area contributed by atoms with Gasteiger partial charge in [-0.3, -0.25) is 9.69 Å². The minimum absolute atomic E-state index is 0.0962. The fraction of sp³-hybridized carbons (Fsp3) is 0.333. The maximum atomic E-state index is 13.2. The number of nitrogens with one attached hydrogen (secondary N) is 1. The Morgan fingerprint density at radius 1 is 1.06 bits per heavy atom. The van der Waals surface area contributed by atoms with Crippen LogP contribution in [0.2, 0.25) is 0 Å². The average molecular weight is 492 g/mol. The number of carbonyl (C=O) groups excluding carboxylic acids is 1. The number of anilines is 1. The van der Waals surface area contributed by atoms with Gasteiger partial charge < -0.3 is 10.1 Å². The molecule has 5 nitrogen and oxygen atoms in total. The number of aromatic nitrogens is 1. The summed E-state index contributed by atoms with van der Waals surface area (Å²) in [5, 5.41) is 5.09. The van der Waals surface area contributed by atoms with Crippen molar-refractivity contribution >= 4 is 43.8 Å². The third kappa shape index (κ3) is 4.60. The zero-order valence-corrected chi connectivity index (χ0v) is 21.6. The summed E-state index contributed by atoms with van der Waals surface area (Å²) >= 11 is 3.38. The van der Waals surface area contributed by atoms with Crippen molar-refractivity contribution in [2.24, 2.45) is 0 Å². The van der Waals surface area contributed by atoms with Crippen molar-refractivity contribution in [2.45, 2.75) is 52.8 Å². The summed E-state index contributed by atoms with van der Waals surface area (Å²) < 4.78 is 6.88. The lowest BCUT2D eigenvalue weighted by Crippen LogP contribution is -2.35. The first kappa shape index (κ1) is 23.0. The number of fused-ring (bicyclic) bond motifs is 2. The van der Waals surface area contributed by atoms with Gasteiger partial charge in [0.15, 0.2) is 0 Å². The lowest BCUT2D eigenvalue weighted by Gasteiger charge is -2.30. The van der Waals surface area contributed by atoms with Crippen LogP contribution >= 0.6 is 22.7 Å².